The number of carbonyl (C=O) groups excluding carboxylic acids is 4. The number of nitrogens with zero attached hydrogens (tertiary/aromatic N) is 3. The van der Waals surface area contributed by atoms with Gasteiger partial charge in [-0.1, -0.05) is 41.5 Å². The molecule has 3 aliphatic rings. The molecule has 0 aromatic heterocycles. The molecule has 0 saturated carbocycles. The summed E-state index contributed by atoms with van der Waals surface area (Å²) < 4.78 is 0. The molecule has 3 fully saturated rings. The minimum Gasteiger partial charge on any atom is -0.301 e. The Kier molecular flexibility index (Phi) is 8.58. The van der Waals surface area contributed by atoms with E-state index in [2.05, 4.69) is 48.5 Å². The summed E-state index contributed by atoms with van der Waals surface area (Å²) in [6.07, 6.45) is 2.63. The van der Waals surface area contributed by atoms with Gasteiger partial charge in [-0.05, 0) is 77.0 Å². The van der Waals surface area contributed by atoms with Gasteiger partial charge in [-0.15, -0.1) is 0 Å². The molecule has 0 aliphatic carbocycles. The Hall–Kier alpha value is -1.80. The number of likely N-dealkylation sites (tertiary alicyclic amines) is 2. The van der Waals surface area contributed by atoms with Crippen molar-refractivity contribution >= 4 is 23.6 Å². The molecule has 4 unspecified atom stereocenters. The van der Waals surface area contributed by atoms with Gasteiger partial charge in [0.25, 0.3) is 0 Å². The maximum absolute atomic E-state index is 13.8. The zero-order valence-corrected chi connectivity index (χ0v) is 26.5. The summed E-state index contributed by atoms with van der Waals surface area (Å²) in [6, 6.07) is 0. The first-order valence-corrected chi connectivity index (χ1v) is 14.7. The van der Waals surface area contributed by atoms with Gasteiger partial charge in [-0.2, -0.15) is 5.06 Å². The molecule has 8 heteroatoms. The average molecular weight is 548 g/mol. The van der Waals surface area contributed by atoms with Gasteiger partial charge >= 0.3 is 0 Å². The summed E-state index contributed by atoms with van der Waals surface area (Å²) in [7, 11) is 1.69. The van der Waals surface area contributed by atoms with E-state index in [1.807, 2.05) is 32.8 Å². The van der Waals surface area contributed by atoms with Gasteiger partial charge in [-0.3, -0.25) is 29.0 Å². The second-order valence-corrected chi connectivity index (χ2v) is 15.5. The number of piperidine rings is 1. The van der Waals surface area contributed by atoms with Gasteiger partial charge in [-0.25, -0.2) is 0 Å². The van der Waals surface area contributed by atoms with Crippen LogP contribution in [0.5, 0.6) is 0 Å². The zero-order valence-electron chi connectivity index (χ0n) is 26.5. The van der Waals surface area contributed by atoms with Crippen LogP contribution in [-0.2, 0) is 24.0 Å². The largest absolute Gasteiger partial charge is 0.301 e. The minimum absolute atomic E-state index is 0.105. The molecule has 222 valence electrons. The van der Waals surface area contributed by atoms with Gasteiger partial charge in [0, 0.05) is 30.1 Å². The summed E-state index contributed by atoms with van der Waals surface area (Å²) in [5, 5.41) is 2.03. The Bertz CT molecular complexity index is 977. The van der Waals surface area contributed by atoms with Gasteiger partial charge in [0.1, 0.15) is 0 Å². The van der Waals surface area contributed by atoms with Gasteiger partial charge in [0.2, 0.25) is 23.6 Å². The van der Waals surface area contributed by atoms with Crippen LogP contribution < -0.4 is 0 Å². The second-order valence-electron chi connectivity index (χ2n) is 15.5. The molecule has 0 bridgehead atoms. The predicted octanol–water partition coefficient (Wildman–Crippen LogP) is 4.91. The molecule has 0 aromatic carbocycles. The standard InChI is InChI=1S/C31H53N3O5/c1-13-32-26(37)22(16-28(3,4)5)23(27(32)38)29(6,7)17-21-19(2)24(35)33(25(21)36)18-20-14-30(8,9)34(39-12)31(10,11)15-20/h19-23H,13-18H2,1-12H3. The van der Waals surface area contributed by atoms with Crippen molar-refractivity contribution in [1.29, 1.82) is 0 Å². The topological polar surface area (TPSA) is 87.2 Å². The number of rotatable bonds is 8. The first-order valence-electron chi connectivity index (χ1n) is 14.7. The predicted molar refractivity (Wildman–Crippen MR) is 151 cm³/mol. The lowest BCUT2D eigenvalue weighted by Crippen LogP contribution is -2.61. The van der Waals surface area contributed by atoms with E-state index in [0.29, 0.717) is 25.9 Å². The van der Waals surface area contributed by atoms with E-state index in [0.717, 1.165) is 12.8 Å². The first-order chi connectivity index (χ1) is 17.7. The molecule has 4 amide bonds. The van der Waals surface area contributed by atoms with E-state index < -0.39 is 29.1 Å². The Morgan fingerprint density at radius 3 is 1.77 bits per heavy atom. The quantitative estimate of drug-likeness (QED) is 0.401. The van der Waals surface area contributed by atoms with E-state index >= 15 is 0 Å². The normalized spacial score (nSPS) is 30.7. The maximum Gasteiger partial charge on any atom is 0.233 e. The average Bonchev–Trinajstić information content (AvgIpc) is 3.10. The van der Waals surface area contributed by atoms with Crippen LogP contribution in [-0.4, -0.2) is 69.8 Å². The lowest BCUT2D eigenvalue weighted by molar-refractivity contribution is -0.272. The van der Waals surface area contributed by atoms with Crippen LogP contribution >= 0.6 is 0 Å². The molecule has 0 spiro atoms. The molecule has 0 aromatic rings. The molecule has 0 N–H and O–H groups in total. The van der Waals surface area contributed by atoms with E-state index in [9.17, 15) is 19.2 Å². The number of hydroxylamine groups is 2. The van der Waals surface area contributed by atoms with Crippen molar-refractivity contribution < 1.29 is 24.0 Å². The summed E-state index contributed by atoms with van der Waals surface area (Å²) in [6.45, 7) is 23.2. The Morgan fingerprint density at radius 2 is 1.31 bits per heavy atom. The minimum atomic E-state index is -0.620. The fourth-order valence-corrected chi connectivity index (χ4v) is 8.28. The summed E-state index contributed by atoms with van der Waals surface area (Å²) in [4.78, 5) is 62.7. The van der Waals surface area contributed by atoms with Crippen molar-refractivity contribution in [3.8, 4) is 0 Å². The van der Waals surface area contributed by atoms with Gasteiger partial charge < -0.3 is 4.84 Å². The first kappa shape index (κ1) is 31.7. The molecule has 3 aliphatic heterocycles. The van der Waals surface area contributed by atoms with Crippen molar-refractivity contribution in [2.45, 2.75) is 113 Å². The Balaban J connectivity index is 1.82. The summed E-state index contributed by atoms with van der Waals surface area (Å²) in [5.74, 6) is -2.22. The van der Waals surface area contributed by atoms with E-state index in [1.54, 1.807) is 7.11 Å². The second kappa shape index (κ2) is 10.6. The third-order valence-electron chi connectivity index (χ3n) is 9.40. The van der Waals surface area contributed by atoms with Crippen LogP contribution in [0.25, 0.3) is 0 Å². The molecule has 39 heavy (non-hydrogen) atoms. The fourth-order valence-electron chi connectivity index (χ4n) is 8.28. The van der Waals surface area contributed by atoms with Crippen LogP contribution in [0.4, 0.5) is 0 Å². The van der Waals surface area contributed by atoms with Crippen molar-refractivity contribution in [3.05, 3.63) is 0 Å². The van der Waals surface area contributed by atoms with Crippen molar-refractivity contribution in [1.82, 2.24) is 14.9 Å². The fraction of sp³-hybridized carbons (Fsp3) is 0.871. The van der Waals surface area contributed by atoms with E-state index in [4.69, 9.17) is 4.84 Å². The molecule has 0 radical (unpaired) electrons. The van der Waals surface area contributed by atoms with Gasteiger partial charge in [0.15, 0.2) is 0 Å². The lowest BCUT2D eigenvalue weighted by Gasteiger charge is -2.53. The van der Waals surface area contributed by atoms with Crippen molar-refractivity contribution in [2.24, 2.45) is 40.4 Å². The van der Waals surface area contributed by atoms with Crippen LogP contribution in [0.3, 0.4) is 0 Å². The molecule has 4 atom stereocenters. The van der Waals surface area contributed by atoms with Crippen molar-refractivity contribution in [2.75, 3.05) is 20.2 Å². The van der Waals surface area contributed by atoms with Crippen LogP contribution in [0.2, 0.25) is 0 Å². The highest BCUT2D eigenvalue weighted by Gasteiger charge is 2.57. The third-order valence-corrected chi connectivity index (χ3v) is 9.40. The maximum atomic E-state index is 13.8. The van der Waals surface area contributed by atoms with Crippen LogP contribution in [0.15, 0.2) is 0 Å². The third kappa shape index (κ3) is 5.97. The highest BCUT2D eigenvalue weighted by Crippen LogP contribution is 2.49. The highest BCUT2D eigenvalue weighted by molar-refractivity contribution is 6.06. The SMILES string of the molecule is CCN1C(=O)C(CC(C)(C)C)C(C(C)(C)CC2C(=O)N(CC3CC(C)(C)N(OC)C(C)(C)C3)C(=O)C2C)C1=O. The summed E-state index contributed by atoms with van der Waals surface area (Å²) >= 11 is 0. The lowest BCUT2D eigenvalue weighted by atomic mass is 9.64. The summed E-state index contributed by atoms with van der Waals surface area (Å²) in [5.41, 5.74) is -1.21. The number of hydrogen-bond donors (Lipinski definition) is 0. The smallest absolute Gasteiger partial charge is 0.233 e. The van der Waals surface area contributed by atoms with Crippen molar-refractivity contribution in [3.63, 3.8) is 0 Å². The van der Waals surface area contributed by atoms with Crippen LogP contribution in [0.1, 0.15) is 102 Å². The van der Waals surface area contributed by atoms with Gasteiger partial charge in [0.05, 0.1) is 24.9 Å². The Morgan fingerprint density at radius 1 is 0.795 bits per heavy atom. The van der Waals surface area contributed by atoms with E-state index in [-0.39, 0.29) is 46.0 Å². The molecule has 8 nitrogen and oxygen atoms in total. The number of hydrogen-bond acceptors (Lipinski definition) is 6. The highest BCUT2D eigenvalue weighted by atomic mass is 16.7. The number of imide groups is 2. The molecular weight excluding hydrogens is 494 g/mol. The van der Waals surface area contributed by atoms with Crippen LogP contribution in [0, 0.1) is 40.4 Å². The van der Waals surface area contributed by atoms with E-state index in [1.165, 1.54) is 9.80 Å². The molecular formula is C31H53N3O5. The molecule has 3 heterocycles. The number of carbonyl (C=O) groups is 4. The number of amides is 4. The Labute approximate surface area is 236 Å². The zero-order chi connectivity index (χ0) is 29.9. The molecule has 3 saturated heterocycles. The monoisotopic (exact) mass is 547 g/mol. The molecule has 3 rings (SSSR count).